The molecule has 0 radical (unpaired) electrons. The van der Waals surface area contributed by atoms with Crippen molar-refractivity contribution in [2.24, 2.45) is 14.1 Å². The van der Waals surface area contributed by atoms with Crippen molar-refractivity contribution in [3.63, 3.8) is 0 Å². The number of phosphoric acid groups is 1. The number of carboxylic acids is 1. The Morgan fingerprint density at radius 1 is 0.551 bits per heavy atom. The van der Waals surface area contributed by atoms with Gasteiger partial charge < -0.3 is 33.6 Å². The van der Waals surface area contributed by atoms with E-state index in [0.29, 0.717) is 16.9 Å². The number of phenols is 1. The molecule has 2 heterocycles. The van der Waals surface area contributed by atoms with Crippen molar-refractivity contribution < 1.29 is 101 Å². The molecule has 0 saturated heterocycles. The number of fused-ring (bicyclic) bond motifs is 4. The lowest BCUT2D eigenvalue weighted by molar-refractivity contribution is -0.617. The van der Waals surface area contributed by atoms with Gasteiger partial charge >= 0.3 is 31.4 Å². The molecule has 3 N–H and O–H groups in total. The van der Waals surface area contributed by atoms with Crippen LogP contribution in [-0.4, -0.2) is 57.5 Å². The number of para-hydroxylation sites is 4. The zero-order valence-corrected chi connectivity index (χ0v) is 36.9. The quantitative estimate of drug-likeness (QED) is 0.0232. The summed E-state index contributed by atoms with van der Waals surface area (Å²) in [4.78, 5) is 52.5. The lowest BCUT2D eigenvalue weighted by atomic mass is 10.0. The summed E-state index contributed by atoms with van der Waals surface area (Å²) < 4.78 is 121. The summed E-state index contributed by atoms with van der Waals surface area (Å²) in [6.45, 7) is 0. The molecule has 16 nitrogen and oxygen atoms in total. The van der Waals surface area contributed by atoms with Gasteiger partial charge in [0.25, 0.3) is 0 Å². The lowest BCUT2D eigenvalue weighted by Gasteiger charge is -2.11. The molecule has 0 amide bonds. The molecule has 6 aromatic carbocycles. The maximum absolute atomic E-state index is 13.1. The molecule has 2 aromatic heterocycles. The van der Waals surface area contributed by atoms with E-state index in [9.17, 15) is 45.6 Å². The highest BCUT2D eigenvalue weighted by atomic mass is 32.2. The van der Waals surface area contributed by atoms with Crippen molar-refractivity contribution in [2.75, 3.05) is 0 Å². The van der Waals surface area contributed by atoms with Gasteiger partial charge in [-0.1, -0.05) is 48.5 Å². The average molecular weight is 1000 g/mol. The number of halogens is 6. The number of esters is 2. The molecule has 0 aliphatic heterocycles. The third-order valence-corrected chi connectivity index (χ3v) is 10.4. The predicted molar refractivity (Wildman–Crippen MR) is 229 cm³/mol. The molecule has 24 heteroatoms. The number of ether oxygens (including phenoxy) is 2. The smallest absolute Gasteiger partial charge is 0.524 e. The van der Waals surface area contributed by atoms with E-state index in [2.05, 4.69) is 9.09 Å². The van der Waals surface area contributed by atoms with Crippen molar-refractivity contribution in [3.05, 3.63) is 157 Å². The number of carbonyl (C=O) groups is 3. The Hall–Kier alpha value is -7.69. The fraction of sp³-hybridized carbons (Fsp3) is 0.0889. The van der Waals surface area contributed by atoms with Crippen LogP contribution in [0.5, 0.6) is 23.0 Å². The van der Waals surface area contributed by atoms with E-state index in [1.807, 2.05) is 116 Å². The van der Waals surface area contributed by atoms with Crippen molar-refractivity contribution in [1.29, 1.82) is 0 Å². The van der Waals surface area contributed by atoms with Crippen molar-refractivity contribution in [1.82, 2.24) is 0 Å². The SMILES string of the molecule is C[n+]1c2ccccc2c(C(=O)Oc2ccc(O)cc2)c2ccccc21.C[n+]1c2ccccc2c(C(=O)Oc2ccc(OP(=O)(O)O)cc2)c2ccccc21.O=C([O-])C(F)(F)F.O=S(=O)([O-])C(F)(F)F. The number of rotatable bonds is 6. The van der Waals surface area contributed by atoms with Gasteiger partial charge in [-0.25, -0.2) is 22.6 Å². The van der Waals surface area contributed by atoms with Crippen LogP contribution in [0.2, 0.25) is 0 Å². The minimum Gasteiger partial charge on any atom is -0.741 e. The maximum atomic E-state index is 13.1. The van der Waals surface area contributed by atoms with Gasteiger partial charge in [0.05, 0.1) is 32.7 Å². The molecule has 0 saturated carbocycles. The maximum Gasteiger partial charge on any atom is 0.524 e. The van der Waals surface area contributed by atoms with Gasteiger partial charge in [0.15, 0.2) is 10.1 Å². The number of carbonyl (C=O) groups excluding carboxylic acids is 3. The van der Waals surface area contributed by atoms with E-state index in [-0.39, 0.29) is 17.2 Å². The molecular weight excluding hydrogens is 970 g/mol. The van der Waals surface area contributed by atoms with E-state index in [0.717, 1.165) is 43.6 Å². The number of aromatic nitrogens is 2. The first-order chi connectivity index (χ1) is 32.2. The molecule has 0 atom stereocenters. The van der Waals surface area contributed by atoms with Crippen LogP contribution in [0.3, 0.4) is 0 Å². The first-order valence-corrected chi connectivity index (χ1v) is 22.1. The third-order valence-electron chi connectivity index (χ3n) is 9.37. The van der Waals surface area contributed by atoms with Crippen LogP contribution in [0.15, 0.2) is 146 Å². The van der Waals surface area contributed by atoms with Crippen LogP contribution < -0.4 is 28.2 Å². The van der Waals surface area contributed by atoms with Crippen LogP contribution in [-0.2, 0) is 33.6 Å². The van der Waals surface area contributed by atoms with Crippen LogP contribution >= 0.6 is 7.82 Å². The van der Waals surface area contributed by atoms with E-state index < -0.39 is 47.5 Å². The Morgan fingerprint density at radius 3 is 1.07 bits per heavy atom. The summed E-state index contributed by atoms with van der Waals surface area (Å²) in [5.74, 6) is -3.23. The normalized spacial score (nSPS) is 11.6. The summed E-state index contributed by atoms with van der Waals surface area (Å²) in [7, 11) is -6.81. The fourth-order valence-corrected chi connectivity index (χ4v) is 6.83. The molecular formula is C45H33F6N2O14PS. The topological polar surface area (TPSA) is 245 Å². The second-order valence-electron chi connectivity index (χ2n) is 13.9. The molecule has 0 spiro atoms. The highest BCUT2D eigenvalue weighted by molar-refractivity contribution is 7.86. The van der Waals surface area contributed by atoms with Crippen molar-refractivity contribution in [2.45, 2.75) is 11.7 Å². The van der Waals surface area contributed by atoms with Crippen LogP contribution in [0.1, 0.15) is 20.7 Å². The molecule has 8 aromatic rings. The number of alkyl halides is 6. The van der Waals surface area contributed by atoms with Gasteiger partial charge in [-0.15, -0.1) is 0 Å². The third kappa shape index (κ3) is 13.3. The van der Waals surface area contributed by atoms with Gasteiger partial charge in [0.1, 0.15) is 43.1 Å². The first kappa shape index (κ1) is 52.3. The minimum absolute atomic E-state index is 0.0271. The second kappa shape index (κ2) is 21.1. The van der Waals surface area contributed by atoms with E-state index >= 15 is 0 Å². The van der Waals surface area contributed by atoms with Crippen molar-refractivity contribution in [3.8, 4) is 23.0 Å². The Balaban J connectivity index is 0.000000200. The average Bonchev–Trinajstić information content (AvgIpc) is 3.27. The number of pyridine rings is 2. The summed E-state index contributed by atoms with van der Waals surface area (Å²) in [6, 6.07) is 42.3. The monoisotopic (exact) mass is 1000 g/mol. The minimum atomic E-state index is -6.09. The Kier molecular flexibility index (Phi) is 16.0. The first-order valence-electron chi connectivity index (χ1n) is 19.2. The number of benzene rings is 6. The highest BCUT2D eigenvalue weighted by Gasteiger charge is 2.37. The largest absolute Gasteiger partial charge is 0.741 e. The number of aryl methyl sites for hydroxylation is 2. The standard InChI is InChI=1S/C21H16NO6P.C21H15NO3.C2HF3O2.CHF3O3S/c1-22-18-8-4-2-6-16(18)20(17-7-3-5-9-19(17)22)21(23)27-14-10-12-15(13-11-14)28-29(24,25)26;1-22-18-8-4-2-6-16(18)20(17-7-3-5-9-19(17)22)21(24)25-15-12-10-14(23)11-13-15;3-2(4,5)1(6)7;2-1(3,4)8(5,6)7/h2-13H,1H3,(H-,24,25,26);2-13H,1H3;(H,6,7);(H,5,6,7). The number of hydrogen-bond acceptors (Lipinski definition) is 12. The number of phosphoric ester groups is 1. The van der Waals surface area contributed by atoms with Gasteiger partial charge in [0.2, 0.25) is 22.1 Å². The summed E-state index contributed by atoms with van der Waals surface area (Å²) in [5, 5.41) is 21.4. The van der Waals surface area contributed by atoms with E-state index in [1.165, 1.54) is 36.4 Å². The van der Waals surface area contributed by atoms with Gasteiger partial charge in [-0.3, -0.25) is 9.79 Å². The number of hydrogen-bond donors (Lipinski definition) is 3. The molecule has 0 fully saturated rings. The zero-order valence-electron chi connectivity index (χ0n) is 35.2. The fourth-order valence-electron chi connectivity index (χ4n) is 6.44. The number of phenolic OH excluding ortho intramolecular Hbond substituents is 1. The lowest BCUT2D eigenvalue weighted by Crippen LogP contribution is -2.37. The second-order valence-corrected chi connectivity index (χ2v) is 16.5. The Bertz CT molecular complexity index is 3250. The number of carboxylic acid groups (broad SMARTS) is 1. The van der Waals surface area contributed by atoms with E-state index in [4.69, 9.17) is 42.1 Å². The zero-order chi connectivity index (χ0) is 51.1. The predicted octanol–water partition coefficient (Wildman–Crippen LogP) is 6.60. The highest BCUT2D eigenvalue weighted by Crippen LogP contribution is 2.38. The van der Waals surface area contributed by atoms with Crippen LogP contribution in [0, 0.1) is 0 Å². The molecule has 8 rings (SSSR count). The molecule has 0 aliphatic carbocycles. The molecule has 69 heavy (non-hydrogen) atoms. The molecule has 0 bridgehead atoms. The Labute approximate surface area is 385 Å². The van der Waals surface area contributed by atoms with Crippen LogP contribution in [0.25, 0.3) is 43.6 Å². The van der Waals surface area contributed by atoms with Crippen LogP contribution in [0.4, 0.5) is 26.3 Å². The Morgan fingerprint density at radius 2 is 0.812 bits per heavy atom. The summed E-state index contributed by atoms with van der Waals surface area (Å²) in [6.07, 6.45) is -5.19. The number of aromatic hydroxyl groups is 1. The van der Waals surface area contributed by atoms with E-state index in [1.54, 1.807) is 12.1 Å². The van der Waals surface area contributed by atoms with Gasteiger partial charge in [-0.05, 0) is 72.8 Å². The molecule has 360 valence electrons. The van der Waals surface area contributed by atoms with Gasteiger partial charge in [0, 0.05) is 24.3 Å². The molecule has 0 unspecified atom stereocenters. The molecule has 0 aliphatic rings. The van der Waals surface area contributed by atoms with Crippen molar-refractivity contribution >= 4 is 79.5 Å². The summed E-state index contributed by atoms with van der Waals surface area (Å²) in [5.41, 5.74) is -0.959. The summed E-state index contributed by atoms with van der Waals surface area (Å²) >= 11 is 0. The number of nitrogens with zero attached hydrogens (tertiary/aromatic N) is 2. The number of aliphatic carboxylic acids is 1. The van der Waals surface area contributed by atoms with Gasteiger partial charge in [-0.2, -0.15) is 35.5 Å².